The van der Waals surface area contributed by atoms with Crippen molar-refractivity contribution in [1.82, 2.24) is 4.98 Å². The van der Waals surface area contributed by atoms with Gasteiger partial charge in [0.05, 0.1) is 10.7 Å². The van der Waals surface area contributed by atoms with Gasteiger partial charge in [-0.25, -0.2) is 9.37 Å². The molecule has 0 radical (unpaired) electrons. The SMILES string of the molecule is CCCc1nc(COc2ccc(CC(C)N)cc2F)cs1. The van der Waals surface area contributed by atoms with Gasteiger partial charge in [-0.05, 0) is 43.9 Å². The van der Waals surface area contributed by atoms with Crippen molar-refractivity contribution in [3.05, 3.63) is 45.7 Å². The lowest BCUT2D eigenvalue weighted by Crippen LogP contribution is -2.17. The molecule has 0 aliphatic heterocycles. The van der Waals surface area contributed by atoms with E-state index in [1.54, 1.807) is 17.4 Å². The number of nitrogens with two attached hydrogens (primary N) is 1. The van der Waals surface area contributed by atoms with Crippen LogP contribution in [0.1, 0.15) is 36.5 Å². The maximum Gasteiger partial charge on any atom is 0.165 e. The van der Waals surface area contributed by atoms with Crippen LogP contribution in [0.4, 0.5) is 4.39 Å². The average Bonchev–Trinajstić information content (AvgIpc) is 2.85. The van der Waals surface area contributed by atoms with Gasteiger partial charge in [-0.3, -0.25) is 0 Å². The minimum Gasteiger partial charge on any atom is -0.484 e. The molecule has 1 aromatic heterocycles. The second-order valence-electron chi connectivity index (χ2n) is 5.22. The minimum atomic E-state index is -0.350. The molecule has 0 fully saturated rings. The van der Waals surface area contributed by atoms with Crippen LogP contribution in [0.2, 0.25) is 0 Å². The van der Waals surface area contributed by atoms with Crippen molar-refractivity contribution in [3.63, 3.8) is 0 Å². The summed E-state index contributed by atoms with van der Waals surface area (Å²) in [6, 6.07) is 5.02. The number of aromatic nitrogens is 1. The Morgan fingerprint density at radius 1 is 1.43 bits per heavy atom. The molecule has 114 valence electrons. The van der Waals surface area contributed by atoms with E-state index in [2.05, 4.69) is 11.9 Å². The fourth-order valence-corrected chi connectivity index (χ4v) is 2.94. The molecule has 0 saturated carbocycles. The van der Waals surface area contributed by atoms with Crippen molar-refractivity contribution in [2.24, 2.45) is 5.73 Å². The molecule has 0 spiro atoms. The number of hydrogen-bond acceptors (Lipinski definition) is 4. The van der Waals surface area contributed by atoms with Gasteiger partial charge in [0.2, 0.25) is 0 Å². The first-order valence-corrected chi connectivity index (χ1v) is 8.06. The molecule has 2 aromatic rings. The second kappa shape index (κ2) is 7.52. The molecule has 2 N–H and O–H groups in total. The molecular formula is C16H21FN2OS. The van der Waals surface area contributed by atoms with Crippen LogP contribution in [-0.4, -0.2) is 11.0 Å². The summed E-state index contributed by atoms with van der Waals surface area (Å²) in [5.74, 6) is -0.0920. The Labute approximate surface area is 129 Å². The Kier molecular flexibility index (Phi) is 5.70. The summed E-state index contributed by atoms with van der Waals surface area (Å²) < 4.78 is 19.5. The summed E-state index contributed by atoms with van der Waals surface area (Å²) in [4.78, 5) is 4.46. The quantitative estimate of drug-likeness (QED) is 0.848. The maximum atomic E-state index is 13.9. The van der Waals surface area contributed by atoms with E-state index in [-0.39, 0.29) is 17.6 Å². The number of thiazole rings is 1. The molecule has 0 bridgehead atoms. The number of aryl methyl sites for hydroxylation is 1. The molecule has 1 heterocycles. The highest BCUT2D eigenvalue weighted by Crippen LogP contribution is 2.21. The molecule has 21 heavy (non-hydrogen) atoms. The Morgan fingerprint density at radius 3 is 2.90 bits per heavy atom. The predicted molar refractivity (Wildman–Crippen MR) is 84.2 cm³/mol. The van der Waals surface area contributed by atoms with Gasteiger partial charge in [0, 0.05) is 11.4 Å². The molecule has 0 amide bonds. The zero-order valence-electron chi connectivity index (χ0n) is 12.4. The summed E-state index contributed by atoms with van der Waals surface area (Å²) in [7, 11) is 0. The third-order valence-corrected chi connectivity index (χ3v) is 3.95. The van der Waals surface area contributed by atoms with Crippen molar-refractivity contribution in [1.29, 1.82) is 0 Å². The van der Waals surface area contributed by atoms with E-state index in [0.717, 1.165) is 29.1 Å². The van der Waals surface area contributed by atoms with Gasteiger partial charge in [0.25, 0.3) is 0 Å². The van der Waals surface area contributed by atoms with Crippen LogP contribution >= 0.6 is 11.3 Å². The summed E-state index contributed by atoms with van der Waals surface area (Å²) in [5.41, 5.74) is 7.45. The van der Waals surface area contributed by atoms with Crippen LogP contribution in [0, 0.1) is 5.82 Å². The van der Waals surface area contributed by atoms with E-state index >= 15 is 0 Å². The minimum absolute atomic E-state index is 0.0168. The van der Waals surface area contributed by atoms with Crippen molar-refractivity contribution in [2.45, 2.75) is 45.8 Å². The van der Waals surface area contributed by atoms with Crippen molar-refractivity contribution in [2.75, 3.05) is 0 Å². The lowest BCUT2D eigenvalue weighted by atomic mass is 10.1. The zero-order chi connectivity index (χ0) is 15.2. The summed E-state index contributed by atoms with van der Waals surface area (Å²) in [6.45, 7) is 4.32. The summed E-state index contributed by atoms with van der Waals surface area (Å²) >= 11 is 1.62. The number of nitrogens with zero attached hydrogens (tertiary/aromatic N) is 1. The van der Waals surface area contributed by atoms with Gasteiger partial charge in [-0.2, -0.15) is 0 Å². The van der Waals surface area contributed by atoms with E-state index < -0.39 is 0 Å². The molecule has 0 aliphatic rings. The van der Waals surface area contributed by atoms with Crippen LogP contribution in [0.3, 0.4) is 0 Å². The largest absolute Gasteiger partial charge is 0.484 e. The van der Waals surface area contributed by atoms with Crippen molar-refractivity contribution in [3.8, 4) is 5.75 Å². The summed E-state index contributed by atoms with van der Waals surface area (Å²) in [6.07, 6.45) is 2.71. The van der Waals surface area contributed by atoms with Gasteiger partial charge in [0.15, 0.2) is 11.6 Å². The van der Waals surface area contributed by atoms with E-state index in [9.17, 15) is 4.39 Å². The number of benzene rings is 1. The van der Waals surface area contributed by atoms with E-state index in [1.165, 1.54) is 6.07 Å². The highest BCUT2D eigenvalue weighted by atomic mass is 32.1. The number of hydrogen-bond donors (Lipinski definition) is 1. The topological polar surface area (TPSA) is 48.1 Å². The Morgan fingerprint density at radius 2 is 2.24 bits per heavy atom. The van der Waals surface area contributed by atoms with Crippen LogP contribution in [0.5, 0.6) is 5.75 Å². The van der Waals surface area contributed by atoms with Gasteiger partial charge in [-0.1, -0.05) is 13.0 Å². The Bertz CT molecular complexity index is 583. The average molecular weight is 308 g/mol. The first-order chi connectivity index (χ1) is 10.1. The highest BCUT2D eigenvalue weighted by molar-refractivity contribution is 7.09. The van der Waals surface area contributed by atoms with Gasteiger partial charge < -0.3 is 10.5 Å². The number of halogens is 1. The Hall–Kier alpha value is -1.46. The molecule has 2 rings (SSSR count). The molecule has 3 nitrogen and oxygen atoms in total. The summed E-state index contributed by atoms with van der Waals surface area (Å²) in [5, 5.41) is 3.07. The third kappa shape index (κ3) is 4.79. The van der Waals surface area contributed by atoms with Crippen LogP contribution in [0.15, 0.2) is 23.6 Å². The van der Waals surface area contributed by atoms with Gasteiger partial charge in [-0.15, -0.1) is 11.3 Å². The fourth-order valence-electron chi connectivity index (χ4n) is 2.06. The third-order valence-electron chi connectivity index (χ3n) is 2.99. The van der Waals surface area contributed by atoms with Crippen molar-refractivity contribution >= 4 is 11.3 Å². The van der Waals surface area contributed by atoms with Gasteiger partial charge >= 0.3 is 0 Å². The van der Waals surface area contributed by atoms with Crippen LogP contribution in [-0.2, 0) is 19.4 Å². The van der Waals surface area contributed by atoms with Crippen LogP contribution < -0.4 is 10.5 Å². The fraction of sp³-hybridized carbons (Fsp3) is 0.438. The lowest BCUT2D eigenvalue weighted by Gasteiger charge is -2.09. The number of ether oxygens (including phenoxy) is 1. The lowest BCUT2D eigenvalue weighted by molar-refractivity contribution is 0.286. The molecule has 1 unspecified atom stereocenters. The first kappa shape index (κ1) is 15.9. The smallest absolute Gasteiger partial charge is 0.165 e. The standard InChI is InChI=1S/C16H21FN2OS/c1-3-4-16-19-13(10-21-16)9-20-15-6-5-12(7-11(2)18)8-14(15)17/h5-6,8,10-11H,3-4,7,9,18H2,1-2H3. The highest BCUT2D eigenvalue weighted by Gasteiger charge is 2.08. The van der Waals surface area contributed by atoms with Crippen molar-refractivity contribution < 1.29 is 9.13 Å². The first-order valence-electron chi connectivity index (χ1n) is 7.18. The maximum absolute atomic E-state index is 13.9. The molecular weight excluding hydrogens is 287 g/mol. The van der Waals surface area contributed by atoms with E-state index in [1.807, 2.05) is 18.4 Å². The zero-order valence-corrected chi connectivity index (χ0v) is 13.3. The molecule has 1 aromatic carbocycles. The van der Waals surface area contributed by atoms with Crippen LogP contribution in [0.25, 0.3) is 0 Å². The van der Waals surface area contributed by atoms with Gasteiger partial charge in [0.1, 0.15) is 6.61 Å². The Balaban J connectivity index is 1.96. The predicted octanol–water partition coefficient (Wildman–Crippen LogP) is 3.70. The molecule has 0 aliphatic carbocycles. The monoisotopic (exact) mass is 308 g/mol. The number of rotatable bonds is 7. The molecule has 5 heteroatoms. The molecule has 0 saturated heterocycles. The van der Waals surface area contributed by atoms with E-state index in [4.69, 9.17) is 10.5 Å². The normalized spacial score (nSPS) is 12.4. The van der Waals surface area contributed by atoms with E-state index in [0.29, 0.717) is 13.0 Å². The molecule has 1 atom stereocenters. The second-order valence-corrected chi connectivity index (χ2v) is 6.16.